The molecule has 0 spiro atoms. The number of hydrogen-bond acceptors (Lipinski definition) is 6. The Bertz CT molecular complexity index is 546. The van der Waals surface area contributed by atoms with Crippen LogP contribution in [-0.2, 0) is 14.3 Å². The molecule has 7 heteroatoms. The summed E-state index contributed by atoms with van der Waals surface area (Å²) in [6.45, 7) is 1.23. The minimum Gasteiger partial charge on any atom is -0.465 e. The largest absolute Gasteiger partial charge is 0.465 e. The van der Waals surface area contributed by atoms with Crippen LogP contribution >= 0.6 is 0 Å². The van der Waals surface area contributed by atoms with Gasteiger partial charge < -0.3 is 20.1 Å². The summed E-state index contributed by atoms with van der Waals surface area (Å²) in [4.78, 5) is 35.2. The standard InChI is InChI=1S/C14H16N2O5/c1-20-13(18)8-3-9(14(19)21-2)5-11(4-8)16-12(17)10-6-15-7-10/h3-5,10,15H,6-7H2,1-2H3,(H,16,17). The quantitative estimate of drug-likeness (QED) is 0.781. The van der Waals surface area contributed by atoms with E-state index in [1.807, 2.05) is 0 Å². The lowest BCUT2D eigenvalue weighted by atomic mass is 10.0. The van der Waals surface area contributed by atoms with Gasteiger partial charge in [0.2, 0.25) is 5.91 Å². The van der Waals surface area contributed by atoms with E-state index in [9.17, 15) is 14.4 Å². The lowest BCUT2D eigenvalue weighted by Crippen LogP contribution is -2.48. The second kappa shape index (κ2) is 6.36. The minimum atomic E-state index is -0.596. The molecule has 0 atom stereocenters. The first-order chi connectivity index (χ1) is 10.0. The average Bonchev–Trinajstić information content (AvgIpc) is 2.43. The second-order valence-corrected chi connectivity index (χ2v) is 4.63. The summed E-state index contributed by atoms with van der Waals surface area (Å²) in [5, 5.41) is 5.68. The molecule has 1 aliphatic rings. The molecule has 1 heterocycles. The van der Waals surface area contributed by atoms with E-state index in [1.165, 1.54) is 32.4 Å². The third-order valence-corrected chi connectivity index (χ3v) is 3.20. The third kappa shape index (κ3) is 3.38. The number of esters is 2. The molecule has 0 bridgehead atoms. The molecule has 2 rings (SSSR count). The van der Waals surface area contributed by atoms with Gasteiger partial charge in [-0.25, -0.2) is 9.59 Å². The van der Waals surface area contributed by atoms with Crippen LogP contribution in [0.2, 0.25) is 0 Å². The van der Waals surface area contributed by atoms with E-state index < -0.39 is 11.9 Å². The number of anilines is 1. The lowest BCUT2D eigenvalue weighted by Gasteiger charge is -2.25. The van der Waals surface area contributed by atoms with E-state index in [0.29, 0.717) is 18.8 Å². The van der Waals surface area contributed by atoms with E-state index in [0.717, 1.165) is 0 Å². The van der Waals surface area contributed by atoms with Crippen molar-refractivity contribution >= 4 is 23.5 Å². The monoisotopic (exact) mass is 292 g/mol. The van der Waals surface area contributed by atoms with Gasteiger partial charge in [0.1, 0.15) is 0 Å². The first-order valence-electron chi connectivity index (χ1n) is 6.38. The van der Waals surface area contributed by atoms with E-state index in [4.69, 9.17) is 0 Å². The molecule has 1 aromatic rings. The molecule has 0 unspecified atom stereocenters. The molecule has 0 aliphatic carbocycles. The zero-order valence-electron chi connectivity index (χ0n) is 11.8. The van der Waals surface area contributed by atoms with Crippen molar-refractivity contribution in [1.29, 1.82) is 0 Å². The summed E-state index contributed by atoms with van der Waals surface area (Å²) >= 11 is 0. The number of methoxy groups -OCH3 is 2. The van der Waals surface area contributed by atoms with E-state index in [-0.39, 0.29) is 23.0 Å². The molecule has 1 fully saturated rings. The fourth-order valence-corrected chi connectivity index (χ4v) is 1.89. The van der Waals surface area contributed by atoms with Gasteiger partial charge in [-0.3, -0.25) is 4.79 Å². The van der Waals surface area contributed by atoms with Gasteiger partial charge in [-0.2, -0.15) is 0 Å². The van der Waals surface area contributed by atoms with Gasteiger partial charge in [0, 0.05) is 18.8 Å². The fourth-order valence-electron chi connectivity index (χ4n) is 1.89. The summed E-state index contributed by atoms with van der Waals surface area (Å²) in [5.74, 6) is -1.46. The first kappa shape index (κ1) is 15.0. The van der Waals surface area contributed by atoms with Crippen LogP contribution in [-0.4, -0.2) is 45.2 Å². The second-order valence-electron chi connectivity index (χ2n) is 4.63. The lowest BCUT2D eigenvalue weighted by molar-refractivity contribution is -0.121. The molecule has 112 valence electrons. The Morgan fingerprint density at radius 1 is 1.05 bits per heavy atom. The third-order valence-electron chi connectivity index (χ3n) is 3.20. The fraction of sp³-hybridized carbons (Fsp3) is 0.357. The van der Waals surface area contributed by atoms with Gasteiger partial charge in [-0.1, -0.05) is 0 Å². The van der Waals surface area contributed by atoms with Crippen molar-refractivity contribution < 1.29 is 23.9 Å². The summed E-state index contributed by atoms with van der Waals surface area (Å²) in [7, 11) is 2.48. The molecule has 1 aliphatic heterocycles. The maximum Gasteiger partial charge on any atom is 0.337 e. The van der Waals surface area contributed by atoms with E-state index >= 15 is 0 Å². The van der Waals surface area contributed by atoms with Gasteiger partial charge >= 0.3 is 11.9 Å². The molecule has 1 aromatic carbocycles. The van der Waals surface area contributed by atoms with E-state index in [2.05, 4.69) is 20.1 Å². The van der Waals surface area contributed by atoms with E-state index in [1.54, 1.807) is 0 Å². The smallest absolute Gasteiger partial charge is 0.337 e. The topological polar surface area (TPSA) is 93.7 Å². The van der Waals surface area contributed by atoms with Gasteiger partial charge in [-0.05, 0) is 18.2 Å². The molecule has 7 nitrogen and oxygen atoms in total. The molecule has 0 radical (unpaired) electrons. The van der Waals surface area contributed by atoms with Crippen LogP contribution in [0, 0.1) is 5.92 Å². The predicted octanol–water partition coefficient (Wildman–Crippen LogP) is 0.418. The predicted molar refractivity (Wildman–Crippen MR) is 74.1 cm³/mol. The number of hydrogen-bond donors (Lipinski definition) is 2. The van der Waals surface area contributed by atoms with Crippen LogP contribution in [0.3, 0.4) is 0 Å². The van der Waals surface area contributed by atoms with Gasteiger partial charge in [0.05, 0.1) is 31.3 Å². The maximum atomic E-state index is 11.9. The van der Waals surface area contributed by atoms with Crippen LogP contribution < -0.4 is 10.6 Å². The number of carbonyl (C=O) groups excluding carboxylic acids is 3. The van der Waals surface area contributed by atoms with Crippen molar-refractivity contribution in [2.45, 2.75) is 0 Å². The van der Waals surface area contributed by atoms with Crippen molar-refractivity contribution in [3.05, 3.63) is 29.3 Å². The molecule has 2 N–H and O–H groups in total. The first-order valence-corrected chi connectivity index (χ1v) is 6.38. The highest BCUT2D eigenvalue weighted by molar-refractivity contribution is 6.00. The van der Waals surface area contributed by atoms with Crippen molar-refractivity contribution in [2.75, 3.05) is 32.6 Å². The Morgan fingerprint density at radius 2 is 1.57 bits per heavy atom. The van der Waals surface area contributed by atoms with Crippen LogP contribution in [0.25, 0.3) is 0 Å². The zero-order valence-corrected chi connectivity index (χ0v) is 11.8. The van der Waals surface area contributed by atoms with Crippen LogP contribution in [0.1, 0.15) is 20.7 Å². The summed E-state index contributed by atoms with van der Waals surface area (Å²) < 4.78 is 9.26. The van der Waals surface area contributed by atoms with Crippen molar-refractivity contribution in [1.82, 2.24) is 5.32 Å². The number of ether oxygens (including phenoxy) is 2. The van der Waals surface area contributed by atoms with Crippen molar-refractivity contribution in [3.63, 3.8) is 0 Å². The van der Waals surface area contributed by atoms with Crippen LogP contribution in [0.5, 0.6) is 0 Å². The highest BCUT2D eigenvalue weighted by atomic mass is 16.5. The molecule has 1 saturated heterocycles. The van der Waals surface area contributed by atoms with Crippen LogP contribution in [0.4, 0.5) is 5.69 Å². The Labute approximate surface area is 121 Å². The highest BCUT2D eigenvalue weighted by Gasteiger charge is 2.25. The molecular formula is C14H16N2O5. The Morgan fingerprint density at radius 3 is 1.95 bits per heavy atom. The minimum absolute atomic E-state index is 0.103. The maximum absolute atomic E-state index is 11.9. The Kier molecular flexibility index (Phi) is 4.54. The van der Waals surface area contributed by atoms with Gasteiger partial charge in [0.25, 0.3) is 0 Å². The Hall–Kier alpha value is -2.41. The average molecular weight is 292 g/mol. The number of rotatable bonds is 4. The Balaban J connectivity index is 2.27. The normalized spacial score (nSPS) is 14.0. The molecule has 21 heavy (non-hydrogen) atoms. The van der Waals surface area contributed by atoms with Crippen molar-refractivity contribution in [2.24, 2.45) is 5.92 Å². The van der Waals surface area contributed by atoms with Crippen molar-refractivity contribution in [3.8, 4) is 0 Å². The molecule has 0 aromatic heterocycles. The molecular weight excluding hydrogens is 276 g/mol. The summed E-state index contributed by atoms with van der Waals surface area (Å²) in [6, 6.07) is 4.28. The number of benzene rings is 1. The zero-order chi connectivity index (χ0) is 15.4. The molecule has 1 amide bonds. The summed E-state index contributed by atoms with van der Waals surface area (Å²) in [5.41, 5.74) is 0.695. The van der Waals surface area contributed by atoms with Gasteiger partial charge in [-0.15, -0.1) is 0 Å². The summed E-state index contributed by atoms with van der Waals surface area (Å²) in [6.07, 6.45) is 0. The highest BCUT2D eigenvalue weighted by Crippen LogP contribution is 2.18. The number of amides is 1. The van der Waals surface area contributed by atoms with Crippen LogP contribution in [0.15, 0.2) is 18.2 Å². The molecule has 0 saturated carbocycles. The number of carbonyl (C=O) groups is 3. The SMILES string of the molecule is COC(=O)c1cc(NC(=O)C2CNC2)cc(C(=O)OC)c1. The van der Waals surface area contributed by atoms with Gasteiger partial charge in [0.15, 0.2) is 0 Å². The number of nitrogens with one attached hydrogen (secondary N) is 2.